The third-order valence-electron chi connectivity index (χ3n) is 4.42. The molecule has 23 heavy (non-hydrogen) atoms. The number of hydrogen-bond donors (Lipinski definition) is 1. The minimum atomic E-state index is -0.517. The molecule has 1 aliphatic heterocycles. The maximum Gasteiger partial charge on any atom is 0.132 e. The Labute approximate surface area is 142 Å². The largest absolute Gasteiger partial charge is 0.467 e. The van der Waals surface area contributed by atoms with Gasteiger partial charge in [-0.15, -0.1) is 11.3 Å². The molecule has 2 aromatic heterocycles. The summed E-state index contributed by atoms with van der Waals surface area (Å²) in [6.07, 6.45) is 4.15. The van der Waals surface area contributed by atoms with Gasteiger partial charge < -0.3 is 9.52 Å². The normalized spacial score (nSPS) is 21.0. The van der Waals surface area contributed by atoms with Crippen molar-refractivity contribution < 1.29 is 9.52 Å². The Balaban J connectivity index is 1.62. The Hall–Kier alpha value is -1.17. The topological polar surface area (TPSA) is 49.5 Å². The van der Waals surface area contributed by atoms with Crippen LogP contribution < -0.4 is 0 Å². The average Bonchev–Trinajstić information content (AvgIpc) is 3.19. The summed E-state index contributed by atoms with van der Waals surface area (Å²) in [6.45, 7) is 8.57. The van der Waals surface area contributed by atoms with E-state index in [1.165, 1.54) is 11.4 Å². The first kappa shape index (κ1) is 16.7. The first-order valence-electron chi connectivity index (χ1n) is 8.34. The van der Waals surface area contributed by atoms with Gasteiger partial charge in [0, 0.05) is 23.4 Å². The molecule has 1 saturated heterocycles. The SMILES string of the molecule is CC(C)(C)c1nc(CN2CCCC2CC(O)c2ccco2)cs1. The lowest BCUT2D eigenvalue weighted by atomic mass is 9.98. The fourth-order valence-corrected chi connectivity index (χ4v) is 4.06. The lowest BCUT2D eigenvalue weighted by molar-refractivity contribution is 0.0991. The zero-order valence-electron chi connectivity index (χ0n) is 14.2. The molecule has 0 bridgehead atoms. The summed E-state index contributed by atoms with van der Waals surface area (Å²) in [7, 11) is 0. The molecule has 0 aromatic carbocycles. The van der Waals surface area contributed by atoms with Crippen molar-refractivity contribution in [3.05, 3.63) is 40.2 Å². The monoisotopic (exact) mass is 334 g/mol. The minimum absolute atomic E-state index is 0.114. The number of thiazole rings is 1. The van der Waals surface area contributed by atoms with E-state index in [1.54, 1.807) is 17.6 Å². The molecule has 0 saturated carbocycles. The van der Waals surface area contributed by atoms with Gasteiger partial charge in [-0.25, -0.2) is 4.98 Å². The predicted octanol–water partition coefficient (Wildman–Crippen LogP) is 4.12. The molecule has 3 rings (SSSR count). The van der Waals surface area contributed by atoms with E-state index in [4.69, 9.17) is 9.40 Å². The number of aliphatic hydroxyl groups is 1. The van der Waals surface area contributed by atoms with Crippen LogP contribution in [-0.2, 0) is 12.0 Å². The molecule has 1 fully saturated rings. The van der Waals surface area contributed by atoms with Gasteiger partial charge in [0.05, 0.1) is 17.0 Å². The molecular formula is C18H26N2O2S. The van der Waals surface area contributed by atoms with Crippen LogP contribution in [0.25, 0.3) is 0 Å². The number of rotatable bonds is 5. The summed E-state index contributed by atoms with van der Waals surface area (Å²) in [5.74, 6) is 0.667. The number of furan rings is 1. The van der Waals surface area contributed by atoms with Crippen LogP contribution in [0.5, 0.6) is 0 Å². The van der Waals surface area contributed by atoms with E-state index in [-0.39, 0.29) is 5.41 Å². The third kappa shape index (κ3) is 4.03. The van der Waals surface area contributed by atoms with Crippen molar-refractivity contribution in [2.75, 3.05) is 6.54 Å². The fraction of sp³-hybridized carbons (Fsp3) is 0.611. The molecule has 0 radical (unpaired) electrons. The maximum atomic E-state index is 10.3. The highest BCUT2D eigenvalue weighted by Gasteiger charge is 2.29. The molecule has 5 heteroatoms. The van der Waals surface area contributed by atoms with Gasteiger partial charge in [-0.3, -0.25) is 4.90 Å². The number of hydrogen-bond acceptors (Lipinski definition) is 5. The molecule has 126 valence electrons. The van der Waals surface area contributed by atoms with E-state index in [9.17, 15) is 5.11 Å². The Bertz CT molecular complexity index is 615. The van der Waals surface area contributed by atoms with Crippen molar-refractivity contribution in [1.82, 2.24) is 9.88 Å². The van der Waals surface area contributed by atoms with Crippen LogP contribution in [-0.4, -0.2) is 27.6 Å². The van der Waals surface area contributed by atoms with Gasteiger partial charge in [0.1, 0.15) is 11.9 Å². The molecule has 1 aliphatic rings. The van der Waals surface area contributed by atoms with E-state index >= 15 is 0 Å². The van der Waals surface area contributed by atoms with Gasteiger partial charge >= 0.3 is 0 Å². The highest BCUT2D eigenvalue weighted by atomic mass is 32.1. The van der Waals surface area contributed by atoms with Gasteiger partial charge in [0.25, 0.3) is 0 Å². The van der Waals surface area contributed by atoms with E-state index in [1.807, 2.05) is 12.1 Å². The van der Waals surface area contributed by atoms with Gasteiger partial charge in [0.15, 0.2) is 0 Å². The van der Waals surface area contributed by atoms with Crippen molar-refractivity contribution in [3.8, 4) is 0 Å². The Morgan fingerprint density at radius 3 is 2.96 bits per heavy atom. The van der Waals surface area contributed by atoms with Crippen LogP contribution in [0, 0.1) is 0 Å². The zero-order valence-corrected chi connectivity index (χ0v) is 15.0. The van der Waals surface area contributed by atoms with Crippen LogP contribution in [0.4, 0.5) is 0 Å². The third-order valence-corrected chi connectivity index (χ3v) is 5.74. The van der Waals surface area contributed by atoms with Crippen molar-refractivity contribution >= 4 is 11.3 Å². The van der Waals surface area contributed by atoms with Crippen LogP contribution in [0.3, 0.4) is 0 Å². The lowest BCUT2D eigenvalue weighted by Crippen LogP contribution is -2.30. The van der Waals surface area contributed by atoms with Gasteiger partial charge in [-0.1, -0.05) is 20.8 Å². The predicted molar refractivity (Wildman–Crippen MR) is 92.5 cm³/mol. The number of aliphatic hydroxyl groups excluding tert-OH is 1. The lowest BCUT2D eigenvalue weighted by Gasteiger charge is -2.25. The van der Waals surface area contributed by atoms with Crippen LogP contribution >= 0.6 is 11.3 Å². The van der Waals surface area contributed by atoms with Crippen LogP contribution in [0.1, 0.15) is 62.6 Å². The van der Waals surface area contributed by atoms with Crippen molar-refractivity contribution in [1.29, 1.82) is 0 Å². The van der Waals surface area contributed by atoms with Crippen molar-refractivity contribution in [2.24, 2.45) is 0 Å². The Kier molecular flexibility index (Phi) is 4.90. The van der Waals surface area contributed by atoms with E-state index in [2.05, 4.69) is 31.1 Å². The summed E-state index contributed by atoms with van der Waals surface area (Å²) in [4.78, 5) is 7.26. The number of nitrogens with zero attached hydrogens (tertiary/aromatic N) is 2. The Morgan fingerprint density at radius 1 is 1.48 bits per heavy atom. The van der Waals surface area contributed by atoms with E-state index in [0.29, 0.717) is 11.8 Å². The van der Waals surface area contributed by atoms with Crippen molar-refractivity contribution in [3.63, 3.8) is 0 Å². The second kappa shape index (κ2) is 6.75. The maximum absolute atomic E-state index is 10.3. The molecule has 3 heterocycles. The first-order chi connectivity index (χ1) is 10.9. The molecule has 0 spiro atoms. The molecule has 2 aromatic rings. The van der Waals surface area contributed by atoms with Gasteiger partial charge in [-0.05, 0) is 37.9 Å². The molecular weight excluding hydrogens is 308 g/mol. The molecule has 0 amide bonds. The Morgan fingerprint density at radius 2 is 2.30 bits per heavy atom. The molecule has 1 N–H and O–H groups in total. The van der Waals surface area contributed by atoms with Crippen LogP contribution in [0.2, 0.25) is 0 Å². The van der Waals surface area contributed by atoms with Crippen molar-refractivity contribution in [2.45, 2.75) is 64.1 Å². The van der Waals surface area contributed by atoms with Crippen LogP contribution in [0.15, 0.2) is 28.2 Å². The summed E-state index contributed by atoms with van der Waals surface area (Å²) < 4.78 is 5.32. The average molecular weight is 334 g/mol. The highest BCUT2D eigenvalue weighted by molar-refractivity contribution is 7.09. The van der Waals surface area contributed by atoms with E-state index < -0.39 is 6.10 Å². The van der Waals surface area contributed by atoms with Gasteiger partial charge in [0.2, 0.25) is 0 Å². The second-order valence-corrected chi connectivity index (χ2v) is 8.29. The number of likely N-dealkylation sites (tertiary alicyclic amines) is 1. The summed E-state index contributed by atoms with van der Waals surface area (Å²) in [5.41, 5.74) is 1.27. The first-order valence-corrected chi connectivity index (χ1v) is 9.22. The second-order valence-electron chi connectivity index (χ2n) is 7.43. The summed E-state index contributed by atoms with van der Waals surface area (Å²) in [6, 6.07) is 4.07. The molecule has 4 nitrogen and oxygen atoms in total. The molecule has 0 aliphatic carbocycles. The number of aromatic nitrogens is 1. The molecule has 2 atom stereocenters. The summed E-state index contributed by atoms with van der Waals surface area (Å²) in [5, 5.41) is 13.7. The highest BCUT2D eigenvalue weighted by Crippen LogP contribution is 2.30. The minimum Gasteiger partial charge on any atom is -0.467 e. The quantitative estimate of drug-likeness (QED) is 0.893. The standard InChI is InChI=1S/C18H26N2O2S/c1-18(2,3)17-19-13(12-23-17)11-20-8-4-6-14(20)10-15(21)16-7-5-9-22-16/h5,7,9,12,14-15,21H,4,6,8,10-11H2,1-3H3. The summed E-state index contributed by atoms with van der Waals surface area (Å²) >= 11 is 1.75. The zero-order chi connectivity index (χ0) is 16.4. The fourth-order valence-electron chi connectivity index (χ4n) is 3.16. The smallest absolute Gasteiger partial charge is 0.132 e. The van der Waals surface area contributed by atoms with Gasteiger partial charge in [-0.2, -0.15) is 0 Å². The molecule has 2 unspecified atom stereocenters. The van der Waals surface area contributed by atoms with E-state index in [0.717, 1.165) is 31.6 Å².